The molecule has 0 aliphatic carbocycles. The fourth-order valence-corrected chi connectivity index (χ4v) is 2.97. The van der Waals surface area contributed by atoms with Crippen molar-refractivity contribution >= 4 is 22.9 Å². The summed E-state index contributed by atoms with van der Waals surface area (Å²) in [7, 11) is 0. The minimum atomic E-state index is -0.674. The summed E-state index contributed by atoms with van der Waals surface area (Å²) in [5, 5.41) is 10.2. The molecule has 2 heterocycles. The van der Waals surface area contributed by atoms with Gasteiger partial charge >= 0.3 is 0 Å². The molecule has 1 aliphatic heterocycles. The molecule has 1 fully saturated rings. The summed E-state index contributed by atoms with van der Waals surface area (Å²) in [5.74, 6) is 0. The first-order chi connectivity index (χ1) is 6.68. The smallest absolute Gasteiger partial charge is 0.0931 e. The van der Waals surface area contributed by atoms with Crippen molar-refractivity contribution in [3.63, 3.8) is 0 Å². The molecule has 1 N–H and O–H groups in total. The summed E-state index contributed by atoms with van der Waals surface area (Å²) in [6, 6.07) is 3.84. The summed E-state index contributed by atoms with van der Waals surface area (Å²) in [4.78, 5) is 1.13. The molecule has 0 radical (unpaired) electrons. The molecule has 1 aromatic heterocycles. The van der Waals surface area contributed by atoms with Crippen molar-refractivity contribution in [3.05, 3.63) is 21.3 Å². The minimum absolute atomic E-state index is 0.447. The topological polar surface area (TPSA) is 29.5 Å². The number of hydrogen-bond donors (Lipinski definition) is 1. The first-order valence-electron chi connectivity index (χ1n) is 4.72. The van der Waals surface area contributed by atoms with E-state index in [1.54, 1.807) is 0 Å². The van der Waals surface area contributed by atoms with Gasteiger partial charge in [0.05, 0.1) is 16.5 Å². The number of hydrogen-bond acceptors (Lipinski definition) is 3. The number of aliphatic hydroxyl groups is 1. The van der Waals surface area contributed by atoms with E-state index in [4.69, 9.17) is 16.3 Å². The number of ether oxygens (including phenoxy) is 1. The Morgan fingerprint density at radius 1 is 1.57 bits per heavy atom. The van der Waals surface area contributed by atoms with Crippen LogP contribution in [-0.2, 0) is 11.2 Å². The van der Waals surface area contributed by atoms with Crippen LogP contribution >= 0.6 is 22.9 Å². The van der Waals surface area contributed by atoms with Gasteiger partial charge < -0.3 is 9.84 Å². The molecule has 1 aromatic rings. The van der Waals surface area contributed by atoms with Crippen LogP contribution in [0.25, 0.3) is 0 Å². The SMILES string of the molecule is OC1(Cc2ccc(Cl)s2)CCCOC1. The van der Waals surface area contributed by atoms with Crippen LogP contribution in [0.2, 0.25) is 4.34 Å². The Morgan fingerprint density at radius 2 is 2.43 bits per heavy atom. The van der Waals surface area contributed by atoms with E-state index in [0.717, 1.165) is 28.7 Å². The number of halogens is 1. The van der Waals surface area contributed by atoms with Crippen LogP contribution in [0.5, 0.6) is 0 Å². The van der Waals surface area contributed by atoms with Gasteiger partial charge in [-0.1, -0.05) is 11.6 Å². The lowest BCUT2D eigenvalue weighted by molar-refractivity contribution is -0.0840. The molecule has 78 valence electrons. The maximum absolute atomic E-state index is 10.2. The molecule has 1 aliphatic rings. The Hall–Kier alpha value is -0.0900. The van der Waals surface area contributed by atoms with Crippen molar-refractivity contribution in [3.8, 4) is 0 Å². The summed E-state index contributed by atoms with van der Waals surface area (Å²) >= 11 is 7.36. The average Bonchev–Trinajstić information content (AvgIpc) is 2.51. The van der Waals surface area contributed by atoms with Crippen molar-refractivity contribution in [1.29, 1.82) is 0 Å². The van der Waals surface area contributed by atoms with E-state index in [9.17, 15) is 5.11 Å². The lowest BCUT2D eigenvalue weighted by Crippen LogP contribution is -2.40. The largest absolute Gasteiger partial charge is 0.387 e. The molecular weight excluding hydrogens is 220 g/mol. The van der Waals surface area contributed by atoms with Crippen LogP contribution in [-0.4, -0.2) is 23.9 Å². The minimum Gasteiger partial charge on any atom is -0.387 e. The first-order valence-corrected chi connectivity index (χ1v) is 5.92. The molecule has 0 aromatic carbocycles. The van der Waals surface area contributed by atoms with Crippen molar-refractivity contribution in [2.45, 2.75) is 24.9 Å². The van der Waals surface area contributed by atoms with Gasteiger partial charge in [-0.15, -0.1) is 11.3 Å². The Balaban J connectivity index is 2.01. The summed E-state index contributed by atoms with van der Waals surface area (Å²) < 4.78 is 6.06. The van der Waals surface area contributed by atoms with Gasteiger partial charge in [0.25, 0.3) is 0 Å². The van der Waals surface area contributed by atoms with Crippen LogP contribution in [0.3, 0.4) is 0 Å². The molecule has 0 bridgehead atoms. The fourth-order valence-electron chi connectivity index (χ4n) is 1.75. The maximum Gasteiger partial charge on any atom is 0.0931 e. The van der Waals surface area contributed by atoms with Crippen molar-refractivity contribution < 1.29 is 9.84 Å². The lowest BCUT2D eigenvalue weighted by atomic mass is 9.92. The predicted octanol–water partition coefficient (Wildman–Crippen LogP) is 2.49. The normalized spacial score (nSPS) is 27.9. The highest BCUT2D eigenvalue weighted by Gasteiger charge is 2.30. The molecule has 1 atom stereocenters. The van der Waals surface area contributed by atoms with E-state index in [-0.39, 0.29) is 0 Å². The van der Waals surface area contributed by atoms with Crippen LogP contribution in [0.15, 0.2) is 12.1 Å². The third kappa shape index (κ3) is 2.48. The first kappa shape index (κ1) is 10.4. The Bertz CT molecular complexity index is 305. The van der Waals surface area contributed by atoms with E-state index in [1.807, 2.05) is 12.1 Å². The van der Waals surface area contributed by atoms with E-state index in [0.29, 0.717) is 13.0 Å². The van der Waals surface area contributed by atoms with Crippen molar-refractivity contribution in [1.82, 2.24) is 0 Å². The molecule has 4 heteroatoms. The van der Waals surface area contributed by atoms with Gasteiger partial charge in [-0.05, 0) is 25.0 Å². The molecule has 2 rings (SSSR count). The van der Waals surface area contributed by atoms with Crippen LogP contribution in [0, 0.1) is 0 Å². The van der Waals surface area contributed by atoms with Gasteiger partial charge in [-0.3, -0.25) is 0 Å². The second-order valence-corrected chi connectivity index (χ2v) is 5.56. The van der Waals surface area contributed by atoms with Crippen LogP contribution in [0.4, 0.5) is 0 Å². The third-order valence-corrected chi connectivity index (χ3v) is 3.66. The van der Waals surface area contributed by atoms with Crippen LogP contribution in [0.1, 0.15) is 17.7 Å². The zero-order chi connectivity index (χ0) is 10.0. The molecule has 0 spiro atoms. The maximum atomic E-state index is 10.2. The summed E-state index contributed by atoms with van der Waals surface area (Å²) in [6.07, 6.45) is 2.42. The highest BCUT2D eigenvalue weighted by molar-refractivity contribution is 7.16. The Morgan fingerprint density at radius 3 is 3.00 bits per heavy atom. The molecular formula is C10H13ClO2S. The fraction of sp³-hybridized carbons (Fsp3) is 0.600. The van der Waals surface area contributed by atoms with E-state index in [1.165, 1.54) is 11.3 Å². The quantitative estimate of drug-likeness (QED) is 0.849. The molecule has 2 nitrogen and oxygen atoms in total. The number of rotatable bonds is 2. The monoisotopic (exact) mass is 232 g/mol. The molecule has 1 unspecified atom stereocenters. The van der Waals surface area contributed by atoms with Gasteiger partial charge in [0, 0.05) is 17.9 Å². The highest BCUT2D eigenvalue weighted by Crippen LogP contribution is 2.29. The van der Waals surface area contributed by atoms with E-state index < -0.39 is 5.60 Å². The van der Waals surface area contributed by atoms with Gasteiger partial charge in [0.2, 0.25) is 0 Å². The van der Waals surface area contributed by atoms with Gasteiger partial charge in [0.1, 0.15) is 0 Å². The van der Waals surface area contributed by atoms with E-state index >= 15 is 0 Å². The van der Waals surface area contributed by atoms with E-state index in [2.05, 4.69) is 0 Å². The molecule has 0 amide bonds. The third-order valence-electron chi connectivity index (χ3n) is 2.43. The summed E-state index contributed by atoms with van der Waals surface area (Å²) in [6.45, 7) is 1.22. The lowest BCUT2D eigenvalue weighted by Gasteiger charge is -2.31. The van der Waals surface area contributed by atoms with Gasteiger partial charge in [-0.2, -0.15) is 0 Å². The van der Waals surface area contributed by atoms with Crippen LogP contribution < -0.4 is 0 Å². The molecule has 14 heavy (non-hydrogen) atoms. The second kappa shape index (κ2) is 4.19. The highest BCUT2D eigenvalue weighted by atomic mass is 35.5. The number of thiophene rings is 1. The summed E-state index contributed by atoms with van der Waals surface area (Å²) in [5.41, 5.74) is -0.674. The standard InChI is InChI=1S/C10H13ClO2S/c11-9-3-2-8(14-9)6-10(12)4-1-5-13-7-10/h2-3,12H,1,4-7H2. The Kier molecular flexibility index (Phi) is 3.12. The van der Waals surface area contributed by atoms with Gasteiger partial charge in [-0.25, -0.2) is 0 Å². The zero-order valence-corrected chi connectivity index (χ0v) is 9.40. The molecule has 0 saturated carbocycles. The Labute approximate surface area is 92.5 Å². The zero-order valence-electron chi connectivity index (χ0n) is 7.83. The second-order valence-electron chi connectivity index (χ2n) is 3.76. The average molecular weight is 233 g/mol. The van der Waals surface area contributed by atoms with Crippen molar-refractivity contribution in [2.75, 3.05) is 13.2 Å². The molecule has 1 saturated heterocycles. The van der Waals surface area contributed by atoms with Gasteiger partial charge in [0.15, 0.2) is 0 Å². The van der Waals surface area contributed by atoms with Crippen molar-refractivity contribution in [2.24, 2.45) is 0 Å². The predicted molar refractivity (Wildman–Crippen MR) is 58.0 cm³/mol.